The number of nitrogens with two attached hydrogens (primary N) is 1. The van der Waals surface area contributed by atoms with Crippen LogP contribution >= 0.6 is 0 Å². The van der Waals surface area contributed by atoms with Crippen LogP contribution in [0.4, 0.5) is 10.1 Å². The number of anilines is 1. The first-order valence-corrected chi connectivity index (χ1v) is 8.52. The van der Waals surface area contributed by atoms with Gasteiger partial charge in [-0.15, -0.1) is 0 Å². The minimum absolute atomic E-state index is 0.0618. The molecule has 0 aromatic heterocycles. The summed E-state index contributed by atoms with van der Waals surface area (Å²) < 4.78 is 41.1. The first-order chi connectivity index (χ1) is 9.80. The van der Waals surface area contributed by atoms with Crippen LogP contribution in [0.5, 0.6) is 0 Å². The van der Waals surface area contributed by atoms with Crippen molar-refractivity contribution in [3.63, 3.8) is 0 Å². The Morgan fingerprint density at radius 2 is 1.86 bits per heavy atom. The molecule has 1 aromatic rings. The van der Waals surface area contributed by atoms with Crippen LogP contribution in [0, 0.1) is 12.7 Å². The number of fused-ring (bicyclic) bond motifs is 2. The van der Waals surface area contributed by atoms with Crippen molar-refractivity contribution < 1.29 is 17.9 Å². The molecule has 1 aromatic carbocycles. The van der Waals surface area contributed by atoms with E-state index in [0.29, 0.717) is 12.8 Å². The zero-order valence-electron chi connectivity index (χ0n) is 11.8. The van der Waals surface area contributed by atoms with E-state index in [1.54, 1.807) is 0 Å². The van der Waals surface area contributed by atoms with Crippen molar-refractivity contribution in [3.8, 4) is 0 Å². The number of rotatable bonds is 2. The third-order valence-electron chi connectivity index (χ3n) is 4.52. The second kappa shape index (κ2) is 4.93. The first-order valence-electron chi connectivity index (χ1n) is 7.08. The lowest BCUT2D eigenvalue weighted by atomic mass is 10.0. The van der Waals surface area contributed by atoms with E-state index >= 15 is 0 Å². The fourth-order valence-corrected chi connectivity index (χ4v) is 5.72. The molecule has 116 valence electrons. The van der Waals surface area contributed by atoms with Gasteiger partial charge >= 0.3 is 0 Å². The van der Waals surface area contributed by atoms with Crippen molar-refractivity contribution >= 4 is 15.7 Å². The van der Waals surface area contributed by atoms with Crippen molar-refractivity contribution in [2.75, 3.05) is 5.73 Å². The highest BCUT2D eigenvalue weighted by Crippen LogP contribution is 2.40. The van der Waals surface area contributed by atoms with Gasteiger partial charge in [0.15, 0.2) is 0 Å². The topological polar surface area (TPSA) is 83.6 Å². The molecular formula is C14H19FN2O3S. The van der Waals surface area contributed by atoms with Gasteiger partial charge < -0.3 is 10.8 Å². The predicted molar refractivity (Wildman–Crippen MR) is 76.6 cm³/mol. The van der Waals surface area contributed by atoms with Crippen LogP contribution in [-0.2, 0) is 10.0 Å². The van der Waals surface area contributed by atoms with Gasteiger partial charge in [-0.05, 0) is 44.7 Å². The Hall–Kier alpha value is -1.18. The highest BCUT2D eigenvalue weighted by molar-refractivity contribution is 7.89. The van der Waals surface area contributed by atoms with E-state index in [-0.39, 0.29) is 28.2 Å². The van der Waals surface area contributed by atoms with E-state index in [9.17, 15) is 17.9 Å². The molecular weight excluding hydrogens is 295 g/mol. The summed E-state index contributed by atoms with van der Waals surface area (Å²) in [5.41, 5.74) is 5.79. The maximum atomic E-state index is 13.8. The molecule has 3 rings (SSSR count). The Bertz CT molecular complexity index is 663. The van der Waals surface area contributed by atoms with Gasteiger partial charge in [0, 0.05) is 23.3 Å². The molecule has 3 N–H and O–H groups in total. The second-order valence-electron chi connectivity index (χ2n) is 5.97. The number of nitrogens with zero attached hydrogens (tertiary/aromatic N) is 1. The van der Waals surface area contributed by atoms with Crippen LogP contribution in [0.3, 0.4) is 0 Å². The van der Waals surface area contributed by atoms with Crippen LogP contribution in [-0.4, -0.2) is 36.0 Å². The SMILES string of the molecule is Cc1c(F)cc(N)cc1S(=O)(=O)N1C2CCC1CC(O)C2. The standard InChI is InChI=1S/C14H19FN2O3S/c1-8-13(15)4-9(16)5-14(8)21(19,20)17-10-2-3-11(17)7-12(18)6-10/h4-5,10-12,18H,2-3,6-7,16H2,1H3. The minimum Gasteiger partial charge on any atom is -0.399 e. The molecule has 0 radical (unpaired) electrons. The number of halogens is 1. The monoisotopic (exact) mass is 314 g/mol. The molecule has 7 heteroatoms. The lowest BCUT2D eigenvalue weighted by Gasteiger charge is -2.36. The van der Waals surface area contributed by atoms with Crippen LogP contribution in [0.25, 0.3) is 0 Å². The van der Waals surface area contributed by atoms with E-state index in [2.05, 4.69) is 0 Å². The van der Waals surface area contributed by atoms with Gasteiger partial charge in [0.1, 0.15) is 5.82 Å². The van der Waals surface area contributed by atoms with Gasteiger partial charge in [-0.1, -0.05) is 0 Å². The Morgan fingerprint density at radius 1 is 1.29 bits per heavy atom. The molecule has 2 bridgehead atoms. The summed E-state index contributed by atoms with van der Waals surface area (Å²) in [5, 5.41) is 9.79. The average Bonchev–Trinajstić information content (AvgIpc) is 2.67. The number of benzene rings is 1. The quantitative estimate of drug-likeness (QED) is 0.808. The van der Waals surface area contributed by atoms with Crippen molar-refractivity contribution in [2.45, 2.75) is 55.7 Å². The van der Waals surface area contributed by atoms with Gasteiger partial charge in [0.2, 0.25) is 10.0 Å². The van der Waals surface area contributed by atoms with Crippen molar-refractivity contribution in [1.29, 1.82) is 0 Å². The van der Waals surface area contributed by atoms with Gasteiger partial charge in [0.25, 0.3) is 0 Å². The van der Waals surface area contributed by atoms with Crippen molar-refractivity contribution in [2.24, 2.45) is 0 Å². The zero-order chi connectivity index (χ0) is 15.4. The molecule has 2 unspecified atom stereocenters. The van der Waals surface area contributed by atoms with Crippen LogP contribution < -0.4 is 5.73 Å². The fraction of sp³-hybridized carbons (Fsp3) is 0.571. The maximum absolute atomic E-state index is 13.8. The highest BCUT2D eigenvalue weighted by Gasteiger charge is 2.47. The van der Waals surface area contributed by atoms with Crippen molar-refractivity contribution in [1.82, 2.24) is 4.31 Å². The number of nitrogen functional groups attached to an aromatic ring is 1. The Labute approximate surface area is 123 Å². The molecule has 2 aliphatic heterocycles. The van der Waals surface area contributed by atoms with Gasteiger partial charge in [-0.2, -0.15) is 4.31 Å². The Morgan fingerprint density at radius 3 is 2.43 bits per heavy atom. The number of hydrogen-bond acceptors (Lipinski definition) is 4. The summed E-state index contributed by atoms with van der Waals surface area (Å²) in [4.78, 5) is -0.0618. The van der Waals surface area contributed by atoms with Crippen molar-refractivity contribution in [3.05, 3.63) is 23.5 Å². The summed E-state index contributed by atoms with van der Waals surface area (Å²) in [6, 6.07) is 2.04. The molecule has 0 amide bonds. The smallest absolute Gasteiger partial charge is 0.244 e. The number of hydrogen-bond donors (Lipinski definition) is 2. The lowest BCUT2D eigenvalue weighted by Crippen LogP contribution is -2.48. The number of aliphatic hydroxyl groups excluding tert-OH is 1. The molecule has 21 heavy (non-hydrogen) atoms. The molecule has 2 fully saturated rings. The minimum atomic E-state index is -3.79. The zero-order valence-corrected chi connectivity index (χ0v) is 12.6. The summed E-state index contributed by atoms with van der Waals surface area (Å²) in [7, 11) is -3.79. The summed E-state index contributed by atoms with van der Waals surface area (Å²) in [6.07, 6.45) is 1.92. The largest absolute Gasteiger partial charge is 0.399 e. The third kappa shape index (κ3) is 2.33. The van der Waals surface area contributed by atoms with Gasteiger partial charge in [-0.25, -0.2) is 12.8 Å². The Balaban J connectivity index is 2.06. The van der Waals surface area contributed by atoms with E-state index in [4.69, 9.17) is 5.73 Å². The highest BCUT2D eigenvalue weighted by atomic mass is 32.2. The van der Waals surface area contributed by atoms with E-state index in [1.165, 1.54) is 17.3 Å². The Kier molecular flexibility index (Phi) is 3.46. The van der Waals surface area contributed by atoms with Crippen LogP contribution in [0.15, 0.2) is 17.0 Å². The molecule has 0 saturated carbocycles. The fourth-order valence-electron chi connectivity index (χ4n) is 3.55. The van der Waals surface area contributed by atoms with E-state index in [1.807, 2.05) is 0 Å². The summed E-state index contributed by atoms with van der Waals surface area (Å²) >= 11 is 0. The van der Waals surface area contributed by atoms with Gasteiger partial charge in [-0.3, -0.25) is 0 Å². The molecule has 5 nitrogen and oxygen atoms in total. The number of sulfonamides is 1. The number of piperidine rings is 1. The summed E-state index contributed by atoms with van der Waals surface area (Å²) in [6.45, 7) is 1.45. The van der Waals surface area contributed by atoms with E-state index in [0.717, 1.165) is 18.9 Å². The molecule has 2 saturated heterocycles. The molecule has 2 atom stereocenters. The molecule has 0 aliphatic carbocycles. The van der Waals surface area contributed by atoms with Crippen LogP contribution in [0.1, 0.15) is 31.2 Å². The molecule has 2 aliphatic rings. The van der Waals surface area contributed by atoms with E-state index < -0.39 is 21.9 Å². The first kappa shape index (κ1) is 14.7. The molecule has 2 heterocycles. The second-order valence-corrected chi connectivity index (χ2v) is 7.78. The maximum Gasteiger partial charge on any atom is 0.244 e. The lowest BCUT2D eigenvalue weighted by molar-refractivity contribution is 0.0768. The molecule has 0 spiro atoms. The van der Waals surface area contributed by atoms with Crippen LogP contribution in [0.2, 0.25) is 0 Å². The normalized spacial score (nSPS) is 29.8. The summed E-state index contributed by atoms with van der Waals surface area (Å²) in [5.74, 6) is -0.613. The number of aliphatic hydroxyl groups is 1. The predicted octanol–water partition coefficient (Wildman–Crippen LogP) is 1.39. The average molecular weight is 314 g/mol. The van der Waals surface area contributed by atoms with Gasteiger partial charge in [0.05, 0.1) is 11.0 Å². The third-order valence-corrected chi connectivity index (χ3v) is 6.65.